The SMILES string of the molecule is C=CCOC(=O)c1sc(N2C(=O)C(=O)/C(=C(/O)c3ccc(OCC=C)cc3C)C2c2ccc(OC)cc2)nc1C. The van der Waals surface area contributed by atoms with E-state index in [1.807, 2.05) is 0 Å². The second-order valence-electron chi connectivity index (χ2n) is 8.82. The summed E-state index contributed by atoms with van der Waals surface area (Å²) >= 11 is 0.929. The standard InChI is InChI=1S/C30H28N2O7S/c1-6-14-38-21-12-13-22(17(3)16-21)25(33)23-24(19-8-10-20(37-5)11-9-19)32(28(35)26(23)34)30-31-18(4)27(40-30)29(36)39-15-7-2/h6-13,16,24,33H,1-2,14-15H2,3-5H3/b25-23+. The van der Waals surface area contributed by atoms with Gasteiger partial charge in [0.25, 0.3) is 5.78 Å². The highest BCUT2D eigenvalue weighted by molar-refractivity contribution is 7.17. The Morgan fingerprint density at radius 1 is 1.07 bits per heavy atom. The Bertz CT molecular complexity index is 1520. The van der Waals surface area contributed by atoms with E-state index >= 15 is 0 Å². The molecule has 3 aromatic rings. The number of ketones is 1. The van der Waals surface area contributed by atoms with Crippen molar-refractivity contribution >= 4 is 39.9 Å². The largest absolute Gasteiger partial charge is 0.507 e. The highest BCUT2D eigenvalue weighted by atomic mass is 32.1. The minimum Gasteiger partial charge on any atom is -0.507 e. The Balaban J connectivity index is 1.86. The zero-order valence-electron chi connectivity index (χ0n) is 22.3. The van der Waals surface area contributed by atoms with Gasteiger partial charge in [-0.2, -0.15) is 0 Å². The van der Waals surface area contributed by atoms with Crippen molar-refractivity contribution in [1.82, 2.24) is 4.98 Å². The molecule has 1 unspecified atom stereocenters. The third-order valence-corrected chi connectivity index (χ3v) is 7.34. The Labute approximate surface area is 235 Å². The van der Waals surface area contributed by atoms with Gasteiger partial charge in [0.05, 0.1) is 24.4 Å². The molecule has 2 aromatic carbocycles. The maximum Gasteiger partial charge on any atom is 0.350 e. The van der Waals surface area contributed by atoms with Gasteiger partial charge in [-0.15, -0.1) is 0 Å². The minimum atomic E-state index is -1.02. The molecule has 10 heteroatoms. The van der Waals surface area contributed by atoms with Gasteiger partial charge in [0, 0.05) is 5.56 Å². The van der Waals surface area contributed by atoms with Crippen LogP contribution in [0.2, 0.25) is 0 Å². The number of ether oxygens (including phenoxy) is 3. The minimum absolute atomic E-state index is 0.0125. The van der Waals surface area contributed by atoms with E-state index in [0.29, 0.717) is 40.5 Å². The third kappa shape index (κ3) is 5.39. The summed E-state index contributed by atoms with van der Waals surface area (Å²) in [6, 6.07) is 10.8. The van der Waals surface area contributed by atoms with Crippen LogP contribution in [0.5, 0.6) is 11.5 Å². The average Bonchev–Trinajstić information content (AvgIpc) is 3.46. The Morgan fingerprint density at radius 2 is 1.75 bits per heavy atom. The first-order valence-electron chi connectivity index (χ1n) is 12.3. The third-order valence-electron chi connectivity index (χ3n) is 6.21. The number of anilines is 1. The van der Waals surface area contributed by atoms with Gasteiger partial charge in [0.15, 0.2) is 5.13 Å². The summed E-state index contributed by atoms with van der Waals surface area (Å²) < 4.78 is 16.0. The number of thiazole rings is 1. The number of hydrogen-bond acceptors (Lipinski definition) is 9. The normalized spacial score (nSPS) is 16.1. The molecule has 1 saturated heterocycles. The van der Waals surface area contributed by atoms with Gasteiger partial charge in [0.1, 0.15) is 35.3 Å². The van der Waals surface area contributed by atoms with Crippen LogP contribution in [0.15, 0.2) is 73.3 Å². The predicted molar refractivity (Wildman–Crippen MR) is 152 cm³/mol. The van der Waals surface area contributed by atoms with Crippen LogP contribution in [0.1, 0.15) is 38.1 Å². The van der Waals surface area contributed by atoms with E-state index < -0.39 is 23.7 Å². The lowest BCUT2D eigenvalue weighted by Crippen LogP contribution is -2.29. The second kappa shape index (κ2) is 12.0. The molecule has 0 spiro atoms. The van der Waals surface area contributed by atoms with Crippen molar-refractivity contribution in [2.24, 2.45) is 0 Å². The summed E-state index contributed by atoms with van der Waals surface area (Å²) in [5.41, 5.74) is 1.77. The predicted octanol–water partition coefficient (Wildman–Crippen LogP) is 5.30. The van der Waals surface area contributed by atoms with E-state index in [-0.39, 0.29) is 27.9 Å². The van der Waals surface area contributed by atoms with Gasteiger partial charge in [-0.1, -0.05) is 48.8 Å². The van der Waals surface area contributed by atoms with Crippen LogP contribution in [0.25, 0.3) is 5.76 Å². The monoisotopic (exact) mass is 560 g/mol. The summed E-state index contributed by atoms with van der Waals surface area (Å²) in [5.74, 6) is -1.58. The average molecular weight is 561 g/mol. The first-order chi connectivity index (χ1) is 19.2. The van der Waals surface area contributed by atoms with Crippen molar-refractivity contribution in [3.63, 3.8) is 0 Å². The number of amides is 1. The Hall–Kier alpha value is -4.70. The van der Waals surface area contributed by atoms with Crippen LogP contribution >= 0.6 is 11.3 Å². The number of hydrogen-bond donors (Lipinski definition) is 1. The lowest BCUT2D eigenvalue weighted by molar-refractivity contribution is -0.132. The first-order valence-corrected chi connectivity index (χ1v) is 13.1. The van der Waals surface area contributed by atoms with E-state index in [1.165, 1.54) is 18.1 Å². The van der Waals surface area contributed by atoms with Crippen molar-refractivity contribution in [3.05, 3.63) is 101 Å². The summed E-state index contributed by atoms with van der Waals surface area (Å²) in [4.78, 5) is 45.4. The first kappa shape index (κ1) is 28.3. The number of methoxy groups -OCH3 is 1. The van der Waals surface area contributed by atoms with Gasteiger partial charge in [-0.05, 0) is 55.3 Å². The molecule has 9 nitrogen and oxygen atoms in total. The summed E-state index contributed by atoms with van der Waals surface area (Å²) in [7, 11) is 1.53. The van der Waals surface area contributed by atoms with Gasteiger partial charge in [-0.25, -0.2) is 9.78 Å². The quantitative estimate of drug-likeness (QED) is 0.117. The van der Waals surface area contributed by atoms with Crippen molar-refractivity contribution in [1.29, 1.82) is 0 Å². The summed E-state index contributed by atoms with van der Waals surface area (Å²) in [6.07, 6.45) is 3.06. The topological polar surface area (TPSA) is 115 Å². The molecule has 1 N–H and O–H groups in total. The number of aryl methyl sites for hydroxylation is 2. The number of esters is 1. The molecule has 0 bridgehead atoms. The van der Waals surface area contributed by atoms with Crippen LogP contribution < -0.4 is 14.4 Å². The maximum atomic E-state index is 13.5. The fraction of sp³-hybridized carbons (Fsp3) is 0.200. The highest BCUT2D eigenvalue weighted by Crippen LogP contribution is 2.44. The zero-order valence-corrected chi connectivity index (χ0v) is 23.1. The molecular weight excluding hydrogens is 532 g/mol. The summed E-state index contributed by atoms with van der Waals surface area (Å²) in [6.45, 7) is 10.9. The summed E-state index contributed by atoms with van der Waals surface area (Å²) in [5, 5.41) is 11.6. The molecule has 4 rings (SSSR count). The molecule has 1 fully saturated rings. The Morgan fingerprint density at radius 3 is 2.38 bits per heavy atom. The molecule has 206 valence electrons. The second-order valence-corrected chi connectivity index (χ2v) is 9.79. The van der Waals surface area contributed by atoms with E-state index in [0.717, 1.165) is 11.3 Å². The number of Topliss-reactive ketones (excluding diaryl/α,β-unsaturated/α-hetero) is 1. The molecule has 1 aromatic heterocycles. The van der Waals surface area contributed by atoms with E-state index in [1.54, 1.807) is 62.4 Å². The molecular formula is C30H28N2O7S. The number of aliphatic hydroxyl groups excluding tert-OH is 1. The molecule has 1 amide bonds. The number of carbonyl (C=O) groups excluding carboxylic acids is 3. The maximum absolute atomic E-state index is 13.5. The van der Waals surface area contributed by atoms with Crippen LogP contribution in [-0.4, -0.2) is 48.1 Å². The molecule has 0 aliphatic carbocycles. The van der Waals surface area contributed by atoms with Crippen LogP contribution in [-0.2, 0) is 14.3 Å². The van der Waals surface area contributed by atoms with Gasteiger partial charge >= 0.3 is 11.9 Å². The van der Waals surface area contributed by atoms with Crippen molar-refractivity contribution in [2.45, 2.75) is 19.9 Å². The van der Waals surface area contributed by atoms with Crippen molar-refractivity contribution in [2.75, 3.05) is 25.2 Å². The van der Waals surface area contributed by atoms with Crippen LogP contribution in [0.4, 0.5) is 5.13 Å². The molecule has 0 radical (unpaired) electrons. The smallest absolute Gasteiger partial charge is 0.350 e. The molecule has 1 aliphatic rings. The number of nitrogens with zero attached hydrogens (tertiary/aromatic N) is 2. The van der Waals surface area contributed by atoms with Gasteiger partial charge < -0.3 is 19.3 Å². The molecule has 1 aliphatic heterocycles. The number of benzene rings is 2. The number of carbonyl (C=O) groups is 3. The van der Waals surface area contributed by atoms with Crippen LogP contribution in [0, 0.1) is 13.8 Å². The van der Waals surface area contributed by atoms with Gasteiger partial charge in [0.2, 0.25) is 0 Å². The Kier molecular flexibility index (Phi) is 8.49. The lowest BCUT2D eigenvalue weighted by atomic mass is 9.94. The van der Waals surface area contributed by atoms with Crippen molar-refractivity contribution in [3.8, 4) is 11.5 Å². The highest BCUT2D eigenvalue weighted by Gasteiger charge is 2.48. The fourth-order valence-electron chi connectivity index (χ4n) is 4.30. The number of aliphatic hydroxyl groups is 1. The molecule has 40 heavy (non-hydrogen) atoms. The van der Waals surface area contributed by atoms with E-state index in [9.17, 15) is 19.5 Å². The molecule has 2 heterocycles. The van der Waals surface area contributed by atoms with Gasteiger partial charge in [-0.3, -0.25) is 14.5 Å². The lowest BCUT2D eigenvalue weighted by Gasteiger charge is -2.23. The van der Waals surface area contributed by atoms with Crippen molar-refractivity contribution < 1.29 is 33.7 Å². The number of aromatic nitrogens is 1. The number of rotatable bonds is 10. The van der Waals surface area contributed by atoms with E-state index in [4.69, 9.17) is 14.2 Å². The fourth-order valence-corrected chi connectivity index (χ4v) is 5.29. The molecule has 0 saturated carbocycles. The van der Waals surface area contributed by atoms with E-state index in [2.05, 4.69) is 18.1 Å². The van der Waals surface area contributed by atoms with Crippen LogP contribution in [0.3, 0.4) is 0 Å². The zero-order chi connectivity index (χ0) is 29.0. The molecule has 1 atom stereocenters.